The summed E-state index contributed by atoms with van der Waals surface area (Å²) >= 11 is 5.92. The number of benzene rings is 1. The number of hydrogen-bond acceptors (Lipinski definition) is 3. The number of aliphatic carboxylic acids is 2. The highest BCUT2D eigenvalue weighted by atomic mass is 35.5. The number of carbonyl (C=O) groups is 2. The number of rotatable bonds is 5. The summed E-state index contributed by atoms with van der Waals surface area (Å²) < 4.78 is 5.39. The number of hydrogen-bond donors (Lipinski definition) is 2. The summed E-state index contributed by atoms with van der Waals surface area (Å²) in [7, 11) is 0. The van der Waals surface area contributed by atoms with Gasteiger partial charge in [-0.1, -0.05) is 23.7 Å². The second-order valence-electron chi connectivity index (χ2n) is 5.91. The van der Waals surface area contributed by atoms with Crippen molar-refractivity contribution in [3.05, 3.63) is 34.3 Å². The van der Waals surface area contributed by atoms with E-state index in [0.717, 1.165) is 5.56 Å². The Morgan fingerprint density at radius 2 is 1.71 bits per heavy atom. The van der Waals surface area contributed by atoms with Gasteiger partial charge in [-0.05, 0) is 44.9 Å². The van der Waals surface area contributed by atoms with Crippen molar-refractivity contribution in [1.82, 2.24) is 0 Å². The van der Waals surface area contributed by atoms with Gasteiger partial charge < -0.3 is 14.9 Å². The van der Waals surface area contributed by atoms with Gasteiger partial charge in [0.1, 0.15) is 0 Å². The number of ether oxygens (including phenoxy) is 1. The molecule has 0 unspecified atom stereocenters. The minimum atomic E-state index is -2.33. The lowest BCUT2D eigenvalue weighted by molar-refractivity contribution is -0.199. The van der Waals surface area contributed by atoms with E-state index in [1.165, 1.54) is 0 Å². The first-order chi connectivity index (χ1) is 9.48. The summed E-state index contributed by atoms with van der Waals surface area (Å²) in [6.45, 7) is 6.60. The Labute approximate surface area is 128 Å². The molecule has 0 aliphatic heterocycles. The van der Waals surface area contributed by atoms with Crippen molar-refractivity contribution in [3.63, 3.8) is 0 Å². The second kappa shape index (κ2) is 6.03. The molecule has 1 rings (SSSR count). The van der Waals surface area contributed by atoms with Gasteiger partial charge in [-0.3, -0.25) is 0 Å². The Morgan fingerprint density at radius 1 is 1.19 bits per heavy atom. The molecule has 0 aromatic heterocycles. The highest BCUT2D eigenvalue weighted by Crippen LogP contribution is 2.27. The van der Waals surface area contributed by atoms with Gasteiger partial charge in [0.25, 0.3) is 5.60 Å². The van der Waals surface area contributed by atoms with Crippen molar-refractivity contribution < 1.29 is 24.5 Å². The second-order valence-corrected chi connectivity index (χ2v) is 6.32. The minimum absolute atomic E-state index is 0.285. The maximum absolute atomic E-state index is 11.6. The van der Waals surface area contributed by atoms with E-state index in [0.29, 0.717) is 10.6 Å². The third-order valence-electron chi connectivity index (χ3n) is 2.85. The highest BCUT2D eigenvalue weighted by molar-refractivity contribution is 6.31. The summed E-state index contributed by atoms with van der Waals surface area (Å²) in [6.07, 6.45) is -0.285. The molecular formula is C15H19ClO5. The monoisotopic (exact) mass is 314 g/mol. The molecule has 0 atom stereocenters. The van der Waals surface area contributed by atoms with Crippen LogP contribution in [0.15, 0.2) is 18.2 Å². The quantitative estimate of drug-likeness (QED) is 0.816. The number of halogens is 1. The van der Waals surface area contributed by atoms with E-state index in [2.05, 4.69) is 0 Å². The molecule has 5 nitrogen and oxygen atoms in total. The Hall–Kier alpha value is -1.59. The first-order valence-corrected chi connectivity index (χ1v) is 6.78. The van der Waals surface area contributed by atoms with Crippen LogP contribution in [0, 0.1) is 6.92 Å². The first-order valence-electron chi connectivity index (χ1n) is 6.40. The van der Waals surface area contributed by atoms with Crippen LogP contribution < -0.4 is 0 Å². The molecule has 116 valence electrons. The van der Waals surface area contributed by atoms with Gasteiger partial charge >= 0.3 is 11.9 Å². The first kappa shape index (κ1) is 17.5. The average molecular weight is 315 g/mol. The smallest absolute Gasteiger partial charge is 0.348 e. The predicted molar refractivity (Wildman–Crippen MR) is 78.7 cm³/mol. The van der Waals surface area contributed by atoms with Gasteiger partial charge in [0.05, 0.1) is 5.60 Å². The molecule has 1 aromatic rings. The van der Waals surface area contributed by atoms with E-state index in [4.69, 9.17) is 16.3 Å². The molecule has 0 aliphatic carbocycles. The van der Waals surface area contributed by atoms with Gasteiger partial charge in [0.15, 0.2) is 0 Å². The van der Waals surface area contributed by atoms with Crippen molar-refractivity contribution in [2.24, 2.45) is 0 Å². The van der Waals surface area contributed by atoms with Gasteiger partial charge in [-0.25, -0.2) is 9.59 Å². The largest absolute Gasteiger partial charge is 0.479 e. The summed E-state index contributed by atoms with van der Waals surface area (Å²) in [4.78, 5) is 23.1. The number of aryl methyl sites for hydroxylation is 1. The summed E-state index contributed by atoms with van der Waals surface area (Å²) in [5.41, 5.74) is -1.97. The van der Waals surface area contributed by atoms with Crippen LogP contribution in [0.4, 0.5) is 0 Å². The van der Waals surface area contributed by atoms with Crippen LogP contribution in [0.5, 0.6) is 0 Å². The SMILES string of the molecule is Cc1cc(CC(OC(C)(C)C)(C(=O)O)C(=O)O)ccc1Cl. The van der Waals surface area contributed by atoms with Crippen molar-refractivity contribution in [3.8, 4) is 0 Å². The van der Waals surface area contributed by atoms with Crippen LogP contribution in [0.1, 0.15) is 31.9 Å². The lowest BCUT2D eigenvalue weighted by Gasteiger charge is -2.33. The van der Waals surface area contributed by atoms with Gasteiger partial charge in [-0.15, -0.1) is 0 Å². The van der Waals surface area contributed by atoms with E-state index in [-0.39, 0.29) is 6.42 Å². The van der Waals surface area contributed by atoms with E-state index < -0.39 is 23.1 Å². The van der Waals surface area contributed by atoms with Crippen LogP contribution >= 0.6 is 11.6 Å². The molecule has 0 saturated heterocycles. The van der Waals surface area contributed by atoms with Crippen LogP contribution in [0.3, 0.4) is 0 Å². The van der Waals surface area contributed by atoms with E-state index in [1.807, 2.05) is 0 Å². The molecule has 6 heteroatoms. The zero-order valence-corrected chi connectivity index (χ0v) is 13.2. The van der Waals surface area contributed by atoms with Gasteiger partial charge in [0, 0.05) is 11.4 Å². The van der Waals surface area contributed by atoms with Crippen molar-refractivity contribution in [2.75, 3.05) is 0 Å². The van der Waals surface area contributed by atoms with E-state index in [9.17, 15) is 19.8 Å². The fraction of sp³-hybridized carbons (Fsp3) is 0.467. The average Bonchev–Trinajstić information content (AvgIpc) is 2.30. The standard InChI is InChI=1S/C15H19ClO5/c1-9-7-10(5-6-11(9)16)8-15(12(17)18,13(19)20)21-14(2,3)4/h5-7H,8H2,1-4H3,(H,17,18)(H,19,20). The van der Waals surface area contributed by atoms with Crippen LogP contribution in [-0.4, -0.2) is 33.4 Å². The third-order valence-corrected chi connectivity index (χ3v) is 3.27. The van der Waals surface area contributed by atoms with E-state index >= 15 is 0 Å². The van der Waals surface area contributed by atoms with E-state index in [1.54, 1.807) is 45.9 Å². The Bertz CT molecular complexity index is 546. The van der Waals surface area contributed by atoms with Crippen molar-refractivity contribution in [1.29, 1.82) is 0 Å². The topological polar surface area (TPSA) is 83.8 Å². The lowest BCUT2D eigenvalue weighted by atomic mass is 9.92. The molecule has 0 aliphatic rings. The molecule has 0 heterocycles. The molecule has 0 radical (unpaired) electrons. The fourth-order valence-corrected chi connectivity index (χ4v) is 2.11. The zero-order chi connectivity index (χ0) is 16.4. The zero-order valence-electron chi connectivity index (χ0n) is 12.4. The van der Waals surface area contributed by atoms with Crippen LogP contribution in [-0.2, 0) is 20.7 Å². The summed E-state index contributed by atoms with van der Waals surface area (Å²) in [5, 5.41) is 19.4. The maximum Gasteiger partial charge on any atom is 0.348 e. The molecule has 0 amide bonds. The molecule has 0 fully saturated rings. The van der Waals surface area contributed by atoms with Crippen molar-refractivity contribution in [2.45, 2.75) is 45.3 Å². The Balaban J connectivity index is 3.26. The molecule has 21 heavy (non-hydrogen) atoms. The number of carboxylic acids is 2. The molecule has 1 aromatic carbocycles. The Kier molecular flexibility index (Phi) is 5.02. The van der Waals surface area contributed by atoms with Gasteiger partial charge in [-0.2, -0.15) is 0 Å². The van der Waals surface area contributed by atoms with Crippen LogP contribution in [0.2, 0.25) is 5.02 Å². The predicted octanol–water partition coefficient (Wildman–Crippen LogP) is 2.91. The fourth-order valence-electron chi connectivity index (χ4n) is 1.99. The highest BCUT2D eigenvalue weighted by Gasteiger charge is 2.50. The molecule has 0 bridgehead atoms. The van der Waals surface area contributed by atoms with Crippen molar-refractivity contribution >= 4 is 23.5 Å². The molecule has 2 N–H and O–H groups in total. The van der Waals surface area contributed by atoms with Crippen LogP contribution in [0.25, 0.3) is 0 Å². The maximum atomic E-state index is 11.6. The summed E-state index contributed by atoms with van der Waals surface area (Å²) in [5.74, 6) is -3.06. The molecule has 0 saturated carbocycles. The minimum Gasteiger partial charge on any atom is -0.479 e. The molecular weight excluding hydrogens is 296 g/mol. The normalized spacial score (nSPS) is 12.2. The summed E-state index contributed by atoms with van der Waals surface area (Å²) in [6, 6.07) is 4.87. The number of carboxylic acid groups (broad SMARTS) is 2. The third kappa shape index (κ3) is 4.19. The molecule has 0 spiro atoms. The lowest BCUT2D eigenvalue weighted by Crippen LogP contribution is -2.54. The van der Waals surface area contributed by atoms with Gasteiger partial charge in [0.2, 0.25) is 0 Å². The Morgan fingerprint density at radius 3 is 2.10 bits per heavy atom.